The van der Waals surface area contributed by atoms with E-state index in [0.29, 0.717) is 45.4 Å². The molecular formula is C42H60ClN3O8Si. The van der Waals surface area contributed by atoms with Gasteiger partial charge in [-0.1, -0.05) is 87.5 Å². The molecule has 13 heteroatoms. The van der Waals surface area contributed by atoms with Crippen LogP contribution in [0.1, 0.15) is 85.8 Å². The zero-order chi connectivity index (χ0) is 40.7. The van der Waals surface area contributed by atoms with E-state index in [9.17, 15) is 4.79 Å². The molecule has 302 valence electrons. The monoisotopic (exact) mass is 797 g/mol. The number of hydrogen-bond donors (Lipinski definition) is 1. The lowest BCUT2D eigenvalue weighted by Gasteiger charge is -2.28. The molecule has 0 bridgehead atoms. The van der Waals surface area contributed by atoms with Gasteiger partial charge in [-0.05, 0) is 58.7 Å². The molecule has 2 aromatic carbocycles. The maximum atomic E-state index is 13.0. The summed E-state index contributed by atoms with van der Waals surface area (Å²) in [6.07, 6.45) is 17.2. The second-order valence-corrected chi connectivity index (χ2v) is 17.7. The van der Waals surface area contributed by atoms with Gasteiger partial charge in [-0.15, -0.1) is 10.2 Å². The molecule has 2 aromatic rings. The van der Waals surface area contributed by atoms with Crippen LogP contribution in [0.25, 0.3) is 0 Å². The Morgan fingerprint density at radius 1 is 0.818 bits per heavy atom. The van der Waals surface area contributed by atoms with Crippen LogP contribution in [0.3, 0.4) is 0 Å². The van der Waals surface area contributed by atoms with Crippen LogP contribution >= 0.6 is 0 Å². The molecule has 11 nitrogen and oxygen atoms in total. The number of amides is 1. The van der Waals surface area contributed by atoms with Crippen molar-refractivity contribution in [3.63, 3.8) is 0 Å². The van der Waals surface area contributed by atoms with E-state index in [4.69, 9.17) is 31.9 Å². The number of benzene rings is 2. The maximum absolute atomic E-state index is 13.0. The van der Waals surface area contributed by atoms with Crippen molar-refractivity contribution >= 4 is 31.8 Å². The first-order valence-electron chi connectivity index (χ1n) is 19.2. The van der Waals surface area contributed by atoms with E-state index >= 15 is 0 Å². The van der Waals surface area contributed by atoms with Crippen LogP contribution in [0.5, 0.6) is 0 Å². The largest absolute Gasteiger partial charge is 0.500 e. The molecule has 0 aliphatic carbocycles. The van der Waals surface area contributed by atoms with E-state index in [1.807, 2.05) is 20.8 Å². The van der Waals surface area contributed by atoms with Crippen LogP contribution in [0.4, 0.5) is 11.4 Å². The molecular weight excluding hydrogens is 738 g/mol. The van der Waals surface area contributed by atoms with Crippen molar-refractivity contribution in [3.8, 4) is 0 Å². The number of nitrogens with zero attached hydrogens (tertiary/aromatic N) is 2. The average molecular weight is 798 g/mol. The number of halogens is 1. The predicted molar refractivity (Wildman–Crippen MR) is 210 cm³/mol. The normalized spacial score (nSPS) is 17.0. The van der Waals surface area contributed by atoms with Gasteiger partial charge < -0.3 is 23.5 Å². The Hall–Kier alpha value is -3.43. The summed E-state index contributed by atoms with van der Waals surface area (Å²) >= 11 is 0. The number of allylic oxidation sites excluding steroid dienone is 8. The molecule has 0 spiro atoms. The Bertz CT molecular complexity index is 1690. The Kier molecular flexibility index (Phi) is 17.7. The van der Waals surface area contributed by atoms with Crippen LogP contribution < -0.4 is 28.9 Å². The number of nitrogens with one attached hydrogen (secondary N) is 1. The van der Waals surface area contributed by atoms with E-state index in [1.54, 1.807) is 0 Å². The van der Waals surface area contributed by atoms with E-state index in [-0.39, 0.29) is 16.7 Å². The Morgan fingerprint density at radius 2 is 1.38 bits per heavy atom. The van der Waals surface area contributed by atoms with Gasteiger partial charge in [0, 0.05) is 86.3 Å². The highest BCUT2D eigenvalue weighted by Crippen LogP contribution is 2.47. The van der Waals surface area contributed by atoms with Gasteiger partial charge >= 0.3 is 8.80 Å². The zero-order valence-corrected chi connectivity index (χ0v) is 35.5. The lowest BCUT2D eigenvalue weighted by molar-refractivity contribution is -2.00. The second kappa shape index (κ2) is 21.2. The first-order valence-corrected chi connectivity index (χ1v) is 22.4. The Balaban J connectivity index is 0.00000152. The highest BCUT2D eigenvalue weighted by molar-refractivity contribution is 6.60. The number of carbonyl (C=O) groups is 1. The topological polar surface area (TPSA) is 155 Å². The number of anilines is 1. The van der Waals surface area contributed by atoms with E-state index in [0.717, 1.165) is 25.1 Å². The summed E-state index contributed by atoms with van der Waals surface area (Å²) in [7, 11) is -7.66. The predicted octanol–water partition coefficient (Wildman–Crippen LogP) is 4.01. The highest BCUT2D eigenvalue weighted by Gasteiger charge is 2.44. The highest BCUT2D eigenvalue weighted by atomic mass is 35.7. The molecule has 0 saturated carbocycles. The average Bonchev–Trinajstić information content (AvgIpc) is 3.47. The Morgan fingerprint density at radius 3 is 2.00 bits per heavy atom. The van der Waals surface area contributed by atoms with E-state index < -0.39 is 19.0 Å². The number of hydrogen-bond acceptors (Lipinski definition) is 9. The molecule has 2 aliphatic rings. The van der Waals surface area contributed by atoms with Crippen LogP contribution in [0, 0.1) is 10.2 Å². The standard InChI is InChI=1S/C42H59N3O4Si.ClHO4/c1-9-31-44-36-25-20-18-23-34(36)41(5,6)38(44)27-16-14-13-15-17-28-39-42(7,8)35-24-19-21-26-37(35)45(39)32-29-40(46)43-30-22-33-50(47-10-2,48-11-3)49-12-4;2-1(3,4)5/h13-21,23-28H,9-12,22,29-33H2,1-8H3;(H,2,3,4,5). The smallest absolute Gasteiger partial charge is 0.374 e. The first kappa shape index (κ1) is 46.0. The molecule has 2 aliphatic heterocycles. The summed E-state index contributed by atoms with van der Waals surface area (Å²) in [6, 6.07) is 18.0. The molecule has 55 heavy (non-hydrogen) atoms. The van der Waals surface area contributed by atoms with Crippen molar-refractivity contribution in [2.45, 2.75) is 91.5 Å². The molecule has 0 aromatic heterocycles. The van der Waals surface area contributed by atoms with E-state index in [1.165, 1.54) is 28.2 Å². The molecule has 0 unspecified atom stereocenters. The van der Waals surface area contributed by atoms with Gasteiger partial charge in [0.25, 0.3) is 0 Å². The number of rotatable bonds is 19. The van der Waals surface area contributed by atoms with Crippen LogP contribution in [0.2, 0.25) is 6.04 Å². The van der Waals surface area contributed by atoms with Crippen molar-refractivity contribution in [3.05, 3.63) is 108 Å². The van der Waals surface area contributed by atoms with E-state index in [2.05, 4.69) is 140 Å². The molecule has 1 N–H and O–H groups in total. The lowest BCUT2D eigenvalue weighted by atomic mass is 9.81. The maximum Gasteiger partial charge on any atom is 0.500 e. The van der Waals surface area contributed by atoms with Gasteiger partial charge in [0.2, 0.25) is 11.6 Å². The minimum Gasteiger partial charge on any atom is -0.374 e. The summed E-state index contributed by atoms with van der Waals surface area (Å²) in [5, 5.41) is 3.11. The van der Waals surface area contributed by atoms with Crippen molar-refractivity contribution in [2.75, 3.05) is 44.4 Å². The van der Waals surface area contributed by atoms with Gasteiger partial charge in [-0.2, -0.15) is 4.58 Å². The van der Waals surface area contributed by atoms with Gasteiger partial charge in [0.15, 0.2) is 5.71 Å². The third-order valence-electron chi connectivity index (χ3n) is 9.64. The summed E-state index contributed by atoms with van der Waals surface area (Å²) < 4.78 is 54.3. The van der Waals surface area contributed by atoms with Crippen LogP contribution in [-0.4, -0.2) is 64.5 Å². The fourth-order valence-corrected chi connectivity index (χ4v) is 9.92. The molecule has 4 rings (SSSR count). The van der Waals surface area contributed by atoms with Crippen molar-refractivity contribution in [1.29, 1.82) is 0 Å². The second-order valence-electron chi connectivity index (χ2n) is 14.2. The molecule has 1 amide bonds. The summed E-state index contributed by atoms with van der Waals surface area (Å²) in [6.45, 7) is 21.1. The van der Waals surface area contributed by atoms with Gasteiger partial charge in [0.05, 0.1) is 5.41 Å². The Labute approximate surface area is 331 Å². The van der Waals surface area contributed by atoms with Crippen LogP contribution in [-0.2, 0) is 28.9 Å². The fraction of sp³-hybridized carbons (Fsp3) is 0.476. The molecule has 2 heterocycles. The number of carbonyl (C=O) groups excluding carboxylic acids is 1. The first-order chi connectivity index (χ1) is 26.1. The lowest BCUT2D eigenvalue weighted by Crippen LogP contribution is -2.68. The minimum absolute atomic E-state index is 0.0377. The number of para-hydroxylation sites is 2. The summed E-state index contributed by atoms with van der Waals surface area (Å²) in [5.74, 6) is 0.0391. The van der Waals surface area contributed by atoms with Crippen LogP contribution in [0.15, 0.2) is 96.8 Å². The summed E-state index contributed by atoms with van der Waals surface area (Å²) in [5.41, 5.74) is 7.44. The summed E-state index contributed by atoms with van der Waals surface area (Å²) in [4.78, 5) is 15.3. The fourth-order valence-electron chi connectivity index (χ4n) is 7.31. The van der Waals surface area contributed by atoms with Crippen molar-refractivity contribution < 1.29 is 51.5 Å². The third kappa shape index (κ3) is 12.8. The molecule has 0 saturated heterocycles. The van der Waals surface area contributed by atoms with Gasteiger partial charge in [-0.25, -0.2) is 18.6 Å². The zero-order valence-electron chi connectivity index (χ0n) is 33.8. The van der Waals surface area contributed by atoms with Crippen molar-refractivity contribution in [1.82, 2.24) is 5.32 Å². The quantitative estimate of drug-likeness (QED) is 0.0961. The molecule has 0 radical (unpaired) electrons. The SMILES string of the molecule is CCC[N+]1=C(/C=C/C=C/C=C/C=C2/N(CCC(=O)NCCC[Si](OCC)(OCC)OCC)c3ccccc3C2(C)C)C(C)(C)c2ccccc21.[O-][Cl+3]([O-])([O-])[O-]. The van der Waals surface area contributed by atoms with Crippen molar-refractivity contribution in [2.24, 2.45) is 0 Å². The molecule has 0 fully saturated rings. The van der Waals surface area contributed by atoms with Gasteiger partial charge in [-0.3, -0.25) is 4.79 Å². The molecule has 0 atom stereocenters. The minimum atomic E-state index is -4.94. The third-order valence-corrected chi connectivity index (χ3v) is 12.8. The number of fused-ring (bicyclic) bond motifs is 2. The van der Waals surface area contributed by atoms with Gasteiger partial charge in [0.1, 0.15) is 6.54 Å².